The quantitative estimate of drug-likeness (QED) is 0.774. The topological polar surface area (TPSA) is 37.4 Å². The molecule has 0 aliphatic rings. The lowest BCUT2D eigenvalue weighted by molar-refractivity contribution is 0.453. The van der Waals surface area contributed by atoms with Crippen LogP contribution in [0.5, 0.6) is 0 Å². The van der Waals surface area contributed by atoms with Crippen molar-refractivity contribution in [1.29, 1.82) is 0 Å². The molecular formula is C12H16ClNO2S. The van der Waals surface area contributed by atoms with Gasteiger partial charge in [0.05, 0.1) is 5.02 Å². The predicted octanol–water partition coefficient (Wildman–Crippen LogP) is 2.93. The van der Waals surface area contributed by atoms with Crippen molar-refractivity contribution in [3.63, 3.8) is 0 Å². The van der Waals surface area contributed by atoms with Gasteiger partial charge in [0.2, 0.25) is 10.0 Å². The highest BCUT2D eigenvalue weighted by molar-refractivity contribution is 7.89. The van der Waals surface area contributed by atoms with Crippen LogP contribution in [0.15, 0.2) is 41.3 Å². The van der Waals surface area contributed by atoms with Gasteiger partial charge in [-0.05, 0) is 19.1 Å². The summed E-state index contributed by atoms with van der Waals surface area (Å²) in [6, 6.07) is 6.45. The standard InChI is InChI=1S/C12H16ClNO2S/c1-4-14(9-10(2)3)17(15,16)12-8-6-5-7-11(12)13/h5-8H,2,4,9H2,1,3H3. The number of rotatable bonds is 5. The zero-order valence-corrected chi connectivity index (χ0v) is 11.6. The van der Waals surface area contributed by atoms with E-state index in [0.717, 1.165) is 5.57 Å². The van der Waals surface area contributed by atoms with Gasteiger partial charge in [0, 0.05) is 13.1 Å². The van der Waals surface area contributed by atoms with E-state index in [1.165, 1.54) is 10.4 Å². The molecule has 0 radical (unpaired) electrons. The molecular weight excluding hydrogens is 258 g/mol. The van der Waals surface area contributed by atoms with Crippen molar-refractivity contribution < 1.29 is 8.42 Å². The SMILES string of the molecule is C=C(C)CN(CC)S(=O)(=O)c1ccccc1Cl. The van der Waals surface area contributed by atoms with E-state index in [9.17, 15) is 8.42 Å². The molecule has 0 atom stereocenters. The fraction of sp³-hybridized carbons (Fsp3) is 0.333. The van der Waals surface area contributed by atoms with Gasteiger partial charge in [0.1, 0.15) is 4.90 Å². The maximum absolute atomic E-state index is 12.3. The van der Waals surface area contributed by atoms with E-state index in [0.29, 0.717) is 13.1 Å². The molecule has 1 aromatic carbocycles. The first-order valence-corrected chi connectivity index (χ1v) is 7.10. The zero-order valence-electron chi connectivity index (χ0n) is 9.98. The summed E-state index contributed by atoms with van der Waals surface area (Å²) in [5.41, 5.74) is 0.794. The number of benzene rings is 1. The Hall–Kier alpha value is -0.840. The lowest BCUT2D eigenvalue weighted by Gasteiger charge is -2.21. The van der Waals surface area contributed by atoms with E-state index < -0.39 is 10.0 Å². The van der Waals surface area contributed by atoms with Crippen LogP contribution in [0.25, 0.3) is 0 Å². The largest absolute Gasteiger partial charge is 0.244 e. The van der Waals surface area contributed by atoms with Crippen LogP contribution in [0.1, 0.15) is 13.8 Å². The molecule has 0 amide bonds. The van der Waals surface area contributed by atoms with Crippen LogP contribution in [-0.2, 0) is 10.0 Å². The van der Waals surface area contributed by atoms with E-state index >= 15 is 0 Å². The molecule has 0 N–H and O–H groups in total. The van der Waals surface area contributed by atoms with Gasteiger partial charge in [0.25, 0.3) is 0 Å². The molecule has 0 heterocycles. The molecule has 1 rings (SSSR count). The average Bonchev–Trinajstić information content (AvgIpc) is 2.25. The minimum absolute atomic E-state index is 0.143. The Balaban J connectivity index is 3.18. The molecule has 0 spiro atoms. The van der Waals surface area contributed by atoms with E-state index in [-0.39, 0.29) is 9.92 Å². The van der Waals surface area contributed by atoms with Crippen LogP contribution in [0, 0.1) is 0 Å². The number of hydrogen-bond donors (Lipinski definition) is 0. The molecule has 0 bridgehead atoms. The molecule has 0 aromatic heterocycles. The highest BCUT2D eigenvalue weighted by Gasteiger charge is 2.24. The summed E-state index contributed by atoms with van der Waals surface area (Å²) >= 11 is 5.92. The van der Waals surface area contributed by atoms with Crippen LogP contribution in [0.4, 0.5) is 0 Å². The van der Waals surface area contributed by atoms with Crippen molar-refractivity contribution >= 4 is 21.6 Å². The summed E-state index contributed by atoms with van der Waals surface area (Å²) in [4.78, 5) is 0.143. The van der Waals surface area contributed by atoms with Gasteiger partial charge in [-0.3, -0.25) is 0 Å². The second-order valence-corrected chi connectivity index (χ2v) is 6.13. The summed E-state index contributed by atoms with van der Waals surface area (Å²) in [5, 5.41) is 0.243. The number of hydrogen-bond acceptors (Lipinski definition) is 2. The lowest BCUT2D eigenvalue weighted by Crippen LogP contribution is -2.32. The highest BCUT2D eigenvalue weighted by atomic mass is 35.5. The third kappa shape index (κ3) is 3.31. The maximum Gasteiger partial charge on any atom is 0.244 e. The maximum atomic E-state index is 12.3. The first kappa shape index (κ1) is 14.2. The van der Waals surface area contributed by atoms with Gasteiger partial charge in [0.15, 0.2) is 0 Å². The van der Waals surface area contributed by atoms with Crippen LogP contribution in [0.2, 0.25) is 5.02 Å². The summed E-state index contributed by atoms with van der Waals surface area (Å²) in [5.74, 6) is 0. The van der Waals surface area contributed by atoms with Gasteiger partial charge < -0.3 is 0 Å². The fourth-order valence-corrected chi connectivity index (χ4v) is 3.46. The third-order valence-electron chi connectivity index (χ3n) is 2.25. The third-order valence-corrected chi connectivity index (χ3v) is 4.67. The van der Waals surface area contributed by atoms with E-state index in [1.54, 1.807) is 32.0 Å². The van der Waals surface area contributed by atoms with E-state index in [4.69, 9.17) is 11.6 Å². The van der Waals surface area contributed by atoms with Crippen LogP contribution in [0.3, 0.4) is 0 Å². The predicted molar refractivity (Wildman–Crippen MR) is 70.7 cm³/mol. The first-order chi connectivity index (χ1) is 7.89. The molecule has 0 aliphatic heterocycles. The summed E-state index contributed by atoms with van der Waals surface area (Å²) < 4.78 is 26.0. The van der Waals surface area contributed by atoms with Crippen molar-refractivity contribution in [1.82, 2.24) is 4.31 Å². The Morgan fingerprint density at radius 1 is 1.41 bits per heavy atom. The van der Waals surface area contributed by atoms with E-state index in [2.05, 4.69) is 6.58 Å². The lowest BCUT2D eigenvalue weighted by atomic mass is 10.3. The summed E-state index contributed by atoms with van der Waals surface area (Å²) in [6.45, 7) is 8.02. The molecule has 0 saturated heterocycles. The van der Waals surface area contributed by atoms with Crippen molar-refractivity contribution in [2.45, 2.75) is 18.7 Å². The molecule has 0 fully saturated rings. The van der Waals surface area contributed by atoms with Gasteiger partial charge in [-0.1, -0.05) is 42.8 Å². The molecule has 5 heteroatoms. The Morgan fingerprint density at radius 3 is 2.47 bits per heavy atom. The first-order valence-electron chi connectivity index (χ1n) is 5.28. The molecule has 17 heavy (non-hydrogen) atoms. The van der Waals surface area contributed by atoms with Gasteiger partial charge >= 0.3 is 0 Å². The average molecular weight is 274 g/mol. The molecule has 1 aromatic rings. The van der Waals surface area contributed by atoms with Gasteiger partial charge in [-0.25, -0.2) is 8.42 Å². The number of sulfonamides is 1. The zero-order chi connectivity index (χ0) is 13.1. The Kier molecular flexibility index (Phi) is 4.74. The monoisotopic (exact) mass is 273 g/mol. The number of nitrogens with zero attached hydrogens (tertiary/aromatic N) is 1. The van der Waals surface area contributed by atoms with Crippen LogP contribution < -0.4 is 0 Å². The smallest absolute Gasteiger partial charge is 0.207 e. The Labute approximate surface area is 108 Å². The Bertz CT molecular complexity index is 511. The number of halogens is 1. The summed E-state index contributed by atoms with van der Waals surface area (Å²) in [7, 11) is -3.54. The second kappa shape index (κ2) is 5.67. The molecule has 0 aliphatic carbocycles. The van der Waals surface area contributed by atoms with E-state index in [1.807, 2.05) is 0 Å². The molecule has 0 saturated carbocycles. The number of likely N-dealkylation sites (N-methyl/N-ethyl adjacent to an activating group) is 1. The normalized spacial score (nSPS) is 11.8. The fourth-order valence-electron chi connectivity index (χ4n) is 1.46. The van der Waals surface area contributed by atoms with Crippen molar-refractivity contribution in [2.75, 3.05) is 13.1 Å². The van der Waals surface area contributed by atoms with Crippen LogP contribution in [-0.4, -0.2) is 25.8 Å². The summed E-state index contributed by atoms with van der Waals surface area (Å²) in [6.07, 6.45) is 0. The van der Waals surface area contributed by atoms with Gasteiger partial charge in [-0.2, -0.15) is 4.31 Å². The van der Waals surface area contributed by atoms with Crippen molar-refractivity contribution in [2.24, 2.45) is 0 Å². The second-order valence-electron chi connectivity index (χ2n) is 3.82. The van der Waals surface area contributed by atoms with Gasteiger partial charge in [-0.15, -0.1) is 0 Å². The molecule has 3 nitrogen and oxygen atoms in total. The molecule has 94 valence electrons. The Morgan fingerprint density at radius 2 is 2.00 bits per heavy atom. The highest BCUT2D eigenvalue weighted by Crippen LogP contribution is 2.24. The minimum Gasteiger partial charge on any atom is -0.207 e. The minimum atomic E-state index is -3.54. The van der Waals surface area contributed by atoms with Crippen LogP contribution >= 0.6 is 11.6 Å². The molecule has 0 unspecified atom stereocenters. The van der Waals surface area contributed by atoms with Crippen molar-refractivity contribution in [3.8, 4) is 0 Å². The van der Waals surface area contributed by atoms with Crippen molar-refractivity contribution in [3.05, 3.63) is 41.4 Å².